The van der Waals surface area contributed by atoms with Gasteiger partial charge in [-0.05, 0) is 25.8 Å². The highest BCUT2D eigenvalue weighted by Gasteiger charge is 2.20. The summed E-state index contributed by atoms with van der Waals surface area (Å²) >= 11 is 0. The lowest BCUT2D eigenvalue weighted by atomic mass is 10.2. The quantitative estimate of drug-likeness (QED) is 0.915. The Kier molecular flexibility index (Phi) is 3.90. The number of halogens is 2. The van der Waals surface area contributed by atoms with Crippen LogP contribution in [0.4, 0.5) is 14.7 Å². The fraction of sp³-hybridized carbons (Fsp3) is 0.438. The van der Waals surface area contributed by atoms with E-state index >= 15 is 0 Å². The van der Waals surface area contributed by atoms with Gasteiger partial charge < -0.3 is 9.88 Å². The van der Waals surface area contributed by atoms with Gasteiger partial charge in [-0.2, -0.15) is 0 Å². The summed E-state index contributed by atoms with van der Waals surface area (Å²) in [5.41, 5.74) is 1.39. The average Bonchev–Trinajstić information content (AvgIpc) is 3.06. The van der Waals surface area contributed by atoms with Crippen molar-refractivity contribution in [3.8, 4) is 0 Å². The van der Waals surface area contributed by atoms with Gasteiger partial charge in [0.05, 0.1) is 5.69 Å². The number of imidazole rings is 1. The molecule has 0 radical (unpaired) electrons. The van der Waals surface area contributed by atoms with E-state index in [2.05, 4.69) is 14.9 Å². The molecule has 3 nitrogen and oxygen atoms in total. The van der Waals surface area contributed by atoms with Crippen molar-refractivity contribution in [2.24, 2.45) is 0 Å². The largest absolute Gasteiger partial charge is 0.351 e. The molecule has 0 atom stereocenters. The Hall–Kier alpha value is -1.91. The number of hydrogen-bond acceptors (Lipinski definition) is 2. The summed E-state index contributed by atoms with van der Waals surface area (Å²) < 4.78 is 28.7. The lowest BCUT2D eigenvalue weighted by molar-refractivity contribution is 0.522. The van der Waals surface area contributed by atoms with Crippen molar-refractivity contribution < 1.29 is 8.78 Å². The predicted octanol–water partition coefficient (Wildman–Crippen LogP) is 4.20. The van der Waals surface area contributed by atoms with Crippen LogP contribution in [0, 0.1) is 18.6 Å². The van der Waals surface area contributed by atoms with E-state index in [0.717, 1.165) is 30.6 Å². The summed E-state index contributed by atoms with van der Waals surface area (Å²) in [6, 6.07) is 4.13. The number of nitrogens with one attached hydrogen (secondary N) is 1. The van der Waals surface area contributed by atoms with Crippen LogP contribution in [0.5, 0.6) is 0 Å². The van der Waals surface area contributed by atoms with Crippen molar-refractivity contribution in [2.45, 2.75) is 45.2 Å². The molecule has 5 heteroatoms. The first-order valence-electron chi connectivity index (χ1n) is 7.37. The standard InChI is InChI=1S/C16H19F2N3/c1-11-10-21(14-4-2-3-5-14)16(20-11)19-9-12-6-7-13(17)8-15(12)18/h6-8,10,14H,2-5,9H2,1H3,(H,19,20). The van der Waals surface area contributed by atoms with Crippen LogP contribution in [0.1, 0.15) is 43.0 Å². The maximum atomic E-state index is 13.7. The molecular weight excluding hydrogens is 272 g/mol. The third kappa shape index (κ3) is 3.06. The molecule has 1 aliphatic carbocycles. The Labute approximate surface area is 123 Å². The van der Waals surface area contributed by atoms with Crippen molar-refractivity contribution in [2.75, 3.05) is 5.32 Å². The van der Waals surface area contributed by atoms with E-state index in [9.17, 15) is 8.78 Å². The van der Waals surface area contributed by atoms with Crippen molar-refractivity contribution in [3.63, 3.8) is 0 Å². The second-order valence-corrected chi connectivity index (χ2v) is 5.64. The Balaban J connectivity index is 1.75. The SMILES string of the molecule is Cc1cn(C2CCCC2)c(NCc2ccc(F)cc2F)n1. The lowest BCUT2D eigenvalue weighted by Crippen LogP contribution is -2.11. The van der Waals surface area contributed by atoms with Crippen molar-refractivity contribution in [1.29, 1.82) is 0 Å². The summed E-state index contributed by atoms with van der Waals surface area (Å²) in [6.45, 7) is 2.25. The van der Waals surface area contributed by atoms with Gasteiger partial charge in [0.15, 0.2) is 0 Å². The summed E-state index contributed by atoms with van der Waals surface area (Å²) in [5, 5.41) is 3.18. The third-order valence-corrected chi connectivity index (χ3v) is 4.02. The van der Waals surface area contributed by atoms with Crippen molar-refractivity contribution in [3.05, 3.63) is 47.3 Å². The van der Waals surface area contributed by atoms with Crippen LogP contribution in [0.2, 0.25) is 0 Å². The lowest BCUT2D eigenvalue weighted by Gasteiger charge is -2.15. The van der Waals surface area contributed by atoms with Gasteiger partial charge in [0, 0.05) is 30.4 Å². The van der Waals surface area contributed by atoms with Crippen LogP contribution < -0.4 is 5.32 Å². The third-order valence-electron chi connectivity index (χ3n) is 4.02. The molecule has 0 spiro atoms. The Morgan fingerprint density at radius 1 is 1.29 bits per heavy atom. The Bertz CT molecular complexity index is 630. The topological polar surface area (TPSA) is 29.9 Å². The maximum Gasteiger partial charge on any atom is 0.203 e. The van der Waals surface area contributed by atoms with Crippen molar-refractivity contribution >= 4 is 5.95 Å². The van der Waals surface area contributed by atoms with E-state index in [-0.39, 0.29) is 0 Å². The number of rotatable bonds is 4. The first-order valence-corrected chi connectivity index (χ1v) is 7.37. The Morgan fingerprint density at radius 2 is 2.05 bits per heavy atom. The summed E-state index contributed by atoms with van der Waals surface area (Å²) in [4.78, 5) is 4.47. The molecule has 1 aromatic carbocycles. The van der Waals surface area contributed by atoms with E-state index in [0.29, 0.717) is 18.2 Å². The highest BCUT2D eigenvalue weighted by atomic mass is 19.1. The first kappa shape index (κ1) is 14.0. The number of hydrogen-bond donors (Lipinski definition) is 1. The van der Waals surface area contributed by atoms with Crippen LogP contribution in [0.15, 0.2) is 24.4 Å². The van der Waals surface area contributed by atoms with Gasteiger partial charge in [-0.1, -0.05) is 18.9 Å². The molecule has 0 bridgehead atoms. The number of nitrogens with zero attached hydrogens (tertiary/aromatic N) is 2. The zero-order chi connectivity index (χ0) is 14.8. The van der Waals surface area contributed by atoms with Gasteiger partial charge >= 0.3 is 0 Å². The van der Waals surface area contributed by atoms with E-state index in [1.165, 1.54) is 25.0 Å². The molecule has 112 valence electrons. The monoisotopic (exact) mass is 291 g/mol. The first-order chi connectivity index (χ1) is 10.1. The average molecular weight is 291 g/mol. The minimum Gasteiger partial charge on any atom is -0.351 e. The van der Waals surface area contributed by atoms with Crippen LogP contribution >= 0.6 is 0 Å². The minimum absolute atomic E-state index is 0.301. The highest BCUT2D eigenvalue weighted by Crippen LogP contribution is 2.32. The molecule has 0 unspecified atom stereocenters. The van der Waals surface area contributed by atoms with Gasteiger partial charge in [0.1, 0.15) is 11.6 Å². The molecule has 1 saturated carbocycles. The zero-order valence-corrected chi connectivity index (χ0v) is 12.1. The number of benzene rings is 1. The van der Waals surface area contributed by atoms with E-state index in [1.54, 1.807) is 0 Å². The van der Waals surface area contributed by atoms with Crippen LogP contribution in [-0.2, 0) is 6.54 Å². The molecule has 1 heterocycles. The van der Waals surface area contributed by atoms with Crippen LogP contribution in [0.25, 0.3) is 0 Å². The second kappa shape index (κ2) is 5.84. The number of aryl methyl sites for hydroxylation is 1. The van der Waals surface area contributed by atoms with Gasteiger partial charge in [-0.15, -0.1) is 0 Å². The molecule has 3 rings (SSSR count). The van der Waals surface area contributed by atoms with Crippen LogP contribution in [-0.4, -0.2) is 9.55 Å². The number of anilines is 1. The molecule has 0 saturated heterocycles. The predicted molar refractivity (Wildman–Crippen MR) is 78.2 cm³/mol. The number of aromatic nitrogens is 2. The van der Waals surface area contributed by atoms with Gasteiger partial charge in [-0.25, -0.2) is 13.8 Å². The van der Waals surface area contributed by atoms with Crippen LogP contribution in [0.3, 0.4) is 0 Å². The maximum absolute atomic E-state index is 13.7. The Morgan fingerprint density at radius 3 is 2.76 bits per heavy atom. The molecule has 1 aromatic heterocycles. The molecule has 1 fully saturated rings. The molecular formula is C16H19F2N3. The fourth-order valence-corrected chi connectivity index (χ4v) is 2.95. The summed E-state index contributed by atoms with van der Waals surface area (Å²) in [6.07, 6.45) is 6.85. The summed E-state index contributed by atoms with van der Waals surface area (Å²) in [5.74, 6) is -0.319. The zero-order valence-electron chi connectivity index (χ0n) is 12.1. The molecule has 1 N–H and O–H groups in total. The smallest absolute Gasteiger partial charge is 0.203 e. The summed E-state index contributed by atoms with van der Waals surface area (Å²) in [7, 11) is 0. The highest BCUT2D eigenvalue weighted by molar-refractivity contribution is 5.32. The van der Waals surface area contributed by atoms with E-state index in [1.807, 2.05) is 13.1 Å². The molecule has 21 heavy (non-hydrogen) atoms. The molecule has 2 aromatic rings. The van der Waals surface area contributed by atoms with Gasteiger partial charge in [-0.3, -0.25) is 0 Å². The molecule has 1 aliphatic rings. The molecule has 0 aliphatic heterocycles. The van der Waals surface area contributed by atoms with E-state index < -0.39 is 11.6 Å². The fourth-order valence-electron chi connectivity index (χ4n) is 2.95. The van der Waals surface area contributed by atoms with Crippen molar-refractivity contribution in [1.82, 2.24) is 9.55 Å². The second-order valence-electron chi connectivity index (χ2n) is 5.64. The van der Waals surface area contributed by atoms with E-state index in [4.69, 9.17) is 0 Å². The minimum atomic E-state index is -0.556. The van der Waals surface area contributed by atoms with Gasteiger partial charge in [0.2, 0.25) is 5.95 Å². The van der Waals surface area contributed by atoms with Gasteiger partial charge in [0.25, 0.3) is 0 Å². The normalized spacial score (nSPS) is 15.6. The molecule has 0 amide bonds.